The molecule has 4 heteroatoms. The predicted molar refractivity (Wildman–Crippen MR) is 49.3 cm³/mol. The Morgan fingerprint density at radius 3 is 3.00 bits per heavy atom. The maximum absolute atomic E-state index is 11.2. The number of terminal acetylenes is 1. The van der Waals surface area contributed by atoms with Crippen LogP contribution in [-0.2, 0) is 11.3 Å². The van der Waals surface area contributed by atoms with E-state index in [0.717, 1.165) is 0 Å². The molecule has 0 unspecified atom stereocenters. The number of hydrogen-bond donors (Lipinski definition) is 0. The highest BCUT2D eigenvalue weighted by Gasteiger charge is 2.15. The largest absolute Gasteiger partial charge is 0.465 e. The molecular formula is C10H8N2O2. The van der Waals surface area contributed by atoms with Crippen molar-refractivity contribution < 1.29 is 9.53 Å². The smallest absolute Gasteiger partial charge is 0.340 e. The SMILES string of the molecule is C#CCn1ccc(C(=O)OC)c1C#N. The van der Waals surface area contributed by atoms with Crippen molar-refractivity contribution in [3.63, 3.8) is 0 Å². The number of carbonyl (C=O) groups is 1. The number of esters is 1. The van der Waals surface area contributed by atoms with Gasteiger partial charge >= 0.3 is 5.97 Å². The predicted octanol–water partition coefficient (Wildman–Crippen LogP) is 0.780. The zero-order valence-corrected chi connectivity index (χ0v) is 7.65. The summed E-state index contributed by atoms with van der Waals surface area (Å²) in [6.07, 6.45) is 6.69. The molecule has 14 heavy (non-hydrogen) atoms. The van der Waals surface area contributed by atoms with Crippen molar-refractivity contribution >= 4 is 5.97 Å². The summed E-state index contributed by atoms with van der Waals surface area (Å²) >= 11 is 0. The van der Waals surface area contributed by atoms with Gasteiger partial charge in [-0.05, 0) is 6.07 Å². The average molecular weight is 188 g/mol. The number of hydrogen-bond acceptors (Lipinski definition) is 3. The van der Waals surface area contributed by atoms with Gasteiger partial charge in [0.25, 0.3) is 0 Å². The molecule has 70 valence electrons. The molecule has 0 saturated heterocycles. The lowest BCUT2D eigenvalue weighted by atomic mass is 10.2. The molecule has 0 aliphatic heterocycles. The number of carbonyl (C=O) groups excluding carboxylic acids is 1. The molecule has 0 atom stereocenters. The first-order valence-electron chi connectivity index (χ1n) is 3.85. The third-order valence-electron chi connectivity index (χ3n) is 1.74. The molecule has 0 radical (unpaired) electrons. The number of nitrogens with zero attached hydrogens (tertiary/aromatic N) is 2. The zero-order valence-electron chi connectivity index (χ0n) is 7.65. The number of aromatic nitrogens is 1. The van der Waals surface area contributed by atoms with Gasteiger partial charge in [-0.25, -0.2) is 4.79 Å². The normalized spacial score (nSPS) is 8.79. The van der Waals surface area contributed by atoms with Gasteiger partial charge < -0.3 is 9.30 Å². The van der Waals surface area contributed by atoms with Crippen LogP contribution in [0.5, 0.6) is 0 Å². The molecule has 0 amide bonds. The third kappa shape index (κ3) is 1.60. The van der Waals surface area contributed by atoms with Crippen LogP contribution >= 0.6 is 0 Å². The summed E-state index contributed by atoms with van der Waals surface area (Å²) in [5.74, 6) is 1.86. The van der Waals surface area contributed by atoms with E-state index >= 15 is 0 Å². The van der Waals surface area contributed by atoms with Crippen molar-refractivity contribution in [3.8, 4) is 18.4 Å². The van der Waals surface area contributed by atoms with Gasteiger partial charge in [-0.2, -0.15) is 5.26 Å². The van der Waals surface area contributed by atoms with Crippen LogP contribution in [0, 0.1) is 23.7 Å². The minimum Gasteiger partial charge on any atom is -0.465 e. The first-order chi connectivity index (χ1) is 6.74. The fourth-order valence-corrected chi connectivity index (χ4v) is 1.10. The maximum Gasteiger partial charge on any atom is 0.340 e. The summed E-state index contributed by atoms with van der Waals surface area (Å²) < 4.78 is 6.04. The molecule has 1 aromatic heterocycles. The van der Waals surface area contributed by atoms with Crippen LogP contribution in [0.25, 0.3) is 0 Å². The Balaban J connectivity index is 3.16. The van der Waals surface area contributed by atoms with E-state index in [1.165, 1.54) is 17.7 Å². The molecule has 0 N–H and O–H groups in total. The summed E-state index contributed by atoms with van der Waals surface area (Å²) in [6.45, 7) is 0.264. The van der Waals surface area contributed by atoms with E-state index in [1.807, 2.05) is 6.07 Å². The first-order valence-corrected chi connectivity index (χ1v) is 3.85. The molecule has 0 aromatic carbocycles. The summed E-state index contributed by atoms with van der Waals surface area (Å²) in [4.78, 5) is 11.2. The van der Waals surface area contributed by atoms with Crippen molar-refractivity contribution in [1.29, 1.82) is 5.26 Å². The zero-order chi connectivity index (χ0) is 10.6. The molecule has 0 bridgehead atoms. The second kappa shape index (κ2) is 4.15. The Bertz CT molecular complexity index is 432. The monoisotopic (exact) mass is 188 g/mol. The molecule has 0 fully saturated rings. The van der Waals surface area contributed by atoms with E-state index in [4.69, 9.17) is 11.7 Å². The van der Waals surface area contributed by atoms with Crippen LogP contribution in [0.2, 0.25) is 0 Å². The molecule has 0 aliphatic carbocycles. The molecule has 0 spiro atoms. The Morgan fingerprint density at radius 1 is 1.79 bits per heavy atom. The van der Waals surface area contributed by atoms with Gasteiger partial charge in [-0.1, -0.05) is 5.92 Å². The fraction of sp³-hybridized carbons (Fsp3) is 0.200. The van der Waals surface area contributed by atoms with Crippen LogP contribution in [0.4, 0.5) is 0 Å². The number of nitriles is 1. The number of rotatable bonds is 2. The van der Waals surface area contributed by atoms with Crippen LogP contribution in [0.15, 0.2) is 12.3 Å². The van der Waals surface area contributed by atoms with Crippen molar-refractivity contribution in [2.45, 2.75) is 6.54 Å². The highest BCUT2D eigenvalue weighted by atomic mass is 16.5. The van der Waals surface area contributed by atoms with Gasteiger partial charge in [0.15, 0.2) is 0 Å². The van der Waals surface area contributed by atoms with Gasteiger partial charge in [-0.15, -0.1) is 6.42 Å². The van der Waals surface area contributed by atoms with Crippen molar-refractivity contribution in [2.24, 2.45) is 0 Å². The van der Waals surface area contributed by atoms with E-state index in [1.54, 1.807) is 6.20 Å². The standard InChI is InChI=1S/C10H8N2O2/c1-3-5-12-6-4-8(9(12)7-11)10(13)14-2/h1,4,6H,5H2,2H3. The molecule has 0 saturated carbocycles. The lowest BCUT2D eigenvalue weighted by Gasteiger charge is -1.99. The van der Waals surface area contributed by atoms with E-state index in [9.17, 15) is 4.79 Å². The summed E-state index contributed by atoms with van der Waals surface area (Å²) in [5, 5.41) is 8.81. The van der Waals surface area contributed by atoms with Crippen LogP contribution < -0.4 is 0 Å². The summed E-state index contributed by atoms with van der Waals surface area (Å²) in [6, 6.07) is 3.43. The minimum absolute atomic E-state index is 0.231. The van der Waals surface area contributed by atoms with Crippen molar-refractivity contribution in [3.05, 3.63) is 23.5 Å². The van der Waals surface area contributed by atoms with Gasteiger partial charge in [0.2, 0.25) is 0 Å². The fourth-order valence-electron chi connectivity index (χ4n) is 1.10. The molecule has 0 aliphatic rings. The highest BCUT2D eigenvalue weighted by Crippen LogP contribution is 2.10. The first kappa shape index (κ1) is 9.88. The van der Waals surface area contributed by atoms with Gasteiger partial charge in [0.05, 0.1) is 19.2 Å². The molecule has 1 aromatic rings. The molecule has 4 nitrogen and oxygen atoms in total. The topological polar surface area (TPSA) is 55.0 Å². The van der Waals surface area contributed by atoms with Crippen molar-refractivity contribution in [2.75, 3.05) is 7.11 Å². The lowest BCUT2D eigenvalue weighted by molar-refractivity contribution is 0.0600. The second-order valence-corrected chi connectivity index (χ2v) is 2.51. The van der Waals surface area contributed by atoms with Crippen LogP contribution in [-0.4, -0.2) is 17.6 Å². The Morgan fingerprint density at radius 2 is 2.50 bits per heavy atom. The molecular weight excluding hydrogens is 180 g/mol. The lowest BCUT2D eigenvalue weighted by Crippen LogP contribution is -2.05. The molecule has 1 rings (SSSR count). The second-order valence-electron chi connectivity index (χ2n) is 2.51. The van der Waals surface area contributed by atoms with E-state index in [-0.39, 0.29) is 17.8 Å². The average Bonchev–Trinajstić information content (AvgIpc) is 2.60. The van der Waals surface area contributed by atoms with E-state index < -0.39 is 5.97 Å². The third-order valence-corrected chi connectivity index (χ3v) is 1.74. The Hall–Kier alpha value is -2.20. The Labute approximate surface area is 81.7 Å². The Kier molecular flexibility index (Phi) is 2.93. The minimum atomic E-state index is -0.530. The van der Waals surface area contributed by atoms with Gasteiger partial charge in [0.1, 0.15) is 11.8 Å². The van der Waals surface area contributed by atoms with E-state index in [0.29, 0.717) is 0 Å². The number of ether oxygens (including phenoxy) is 1. The van der Waals surface area contributed by atoms with Crippen LogP contribution in [0.1, 0.15) is 16.1 Å². The van der Waals surface area contributed by atoms with Gasteiger partial charge in [0, 0.05) is 6.20 Å². The summed E-state index contributed by atoms with van der Waals surface area (Å²) in [7, 11) is 1.27. The van der Waals surface area contributed by atoms with Gasteiger partial charge in [-0.3, -0.25) is 0 Å². The maximum atomic E-state index is 11.2. The van der Waals surface area contributed by atoms with Crippen LogP contribution in [0.3, 0.4) is 0 Å². The van der Waals surface area contributed by atoms with E-state index in [2.05, 4.69) is 10.7 Å². The summed E-state index contributed by atoms with van der Waals surface area (Å²) in [5.41, 5.74) is 0.472. The number of methoxy groups -OCH3 is 1. The highest BCUT2D eigenvalue weighted by molar-refractivity contribution is 5.91. The quantitative estimate of drug-likeness (QED) is 0.509. The molecule has 1 heterocycles. The van der Waals surface area contributed by atoms with Crippen molar-refractivity contribution in [1.82, 2.24) is 4.57 Å².